The molecule has 1 N–H and O–H groups in total. The van der Waals surface area contributed by atoms with E-state index in [2.05, 4.69) is 6.92 Å². The fourth-order valence-electron chi connectivity index (χ4n) is 3.63. The molecule has 1 unspecified atom stereocenters. The van der Waals surface area contributed by atoms with Gasteiger partial charge in [-0.25, -0.2) is 0 Å². The van der Waals surface area contributed by atoms with Gasteiger partial charge in [0.1, 0.15) is 6.54 Å². The third-order valence-corrected chi connectivity index (χ3v) is 4.95. The monoisotopic (exact) mass is 325 g/mol. The van der Waals surface area contributed by atoms with Crippen molar-refractivity contribution in [2.75, 3.05) is 32.7 Å². The van der Waals surface area contributed by atoms with E-state index in [0.29, 0.717) is 19.4 Å². The summed E-state index contributed by atoms with van der Waals surface area (Å²) in [6.07, 6.45) is 8.87. The number of nitrogens with zero attached hydrogens (tertiary/aromatic N) is 1. The summed E-state index contributed by atoms with van der Waals surface area (Å²) in [6.45, 7) is 6.71. The molecule has 0 aromatic carbocycles. The van der Waals surface area contributed by atoms with E-state index in [1.807, 2.05) is 4.90 Å². The molecule has 0 aliphatic carbocycles. The van der Waals surface area contributed by atoms with Crippen LogP contribution in [-0.4, -0.2) is 55.6 Å². The first-order valence-corrected chi connectivity index (χ1v) is 9.50. The normalized spacial score (nSPS) is 20.7. The highest BCUT2D eigenvalue weighted by atomic mass is 16.5. The molecule has 1 amide bonds. The number of amides is 1. The molecular weight excluding hydrogens is 292 g/mol. The summed E-state index contributed by atoms with van der Waals surface area (Å²) in [4.78, 5) is 27.4. The van der Waals surface area contributed by atoms with Crippen molar-refractivity contribution < 1.29 is 19.2 Å². The zero-order chi connectivity index (χ0) is 16.5. The van der Waals surface area contributed by atoms with Crippen LogP contribution in [0.1, 0.15) is 64.7 Å². The Morgan fingerprint density at radius 1 is 1.22 bits per heavy atom. The van der Waals surface area contributed by atoms with Gasteiger partial charge in [0.15, 0.2) is 6.10 Å². The van der Waals surface area contributed by atoms with E-state index < -0.39 is 0 Å². The molecule has 5 heteroatoms. The van der Waals surface area contributed by atoms with E-state index in [9.17, 15) is 9.59 Å². The summed E-state index contributed by atoms with van der Waals surface area (Å²) in [5, 5.41) is 0. The van der Waals surface area contributed by atoms with Crippen LogP contribution < -0.4 is 4.90 Å². The van der Waals surface area contributed by atoms with Gasteiger partial charge in [-0.05, 0) is 32.1 Å². The van der Waals surface area contributed by atoms with Gasteiger partial charge in [0, 0.05) is 19.4 Å². The molecule has 2 heterocycles. The second-order valence-corrected chi connectivity index (χ2v) is 7.03. The topological polar surface area (TPSA) is 51.0 Å². The highest BCUT2D eigenvalue weighted by Crippen LogP contribution is 2.12. The molecule has 2 fully saturated rings. The molecule has 0 bridgehead atoms. The molecule has 2 aliphatic rings. The molecule has 5 nitrogen and oxygen atoms in total. The lowest BCUT2D eigenvalue weighted by Crippen LogP contribution is -3.14. The van der Waals surface area contributed by atoms with Crippen molar-refractivity contribution in [3.05, 3.63) is 0 Å². The van der Waals surface area contributed by atoms with Crippen LogP contribution in [0.4, 0.5) is 0 Å². The number of hydrogen-bond acceptors (Lipinski definition) is 3. The van der Waals surface area contributed by atoms with Gasteiger partial charge in [0.25, 0.3) is 0 Å². The Morgan fingerprint density at radius 3 is 2.65 bits per heavy atom. The number of carbonyl (C=O) groups is 2. The number of piperidine rings is 1. The number of likely N-dealkylation sites (tertiary alicyclic amines) is 2. The maximum atomic E-state index is 12.1. The zero-order valence-corrected chi connectivity index (χ0v) is 14.6. The third kappa shape index (κ3) is 6.50. The fraction of sp³-hybridized carbons (Fsp3) is 0.889. The fourth-order valence-corrected chi connectivity index (χ4v) is 3.63. The number of carbonyl (C=O) groups excluding carboxylic acids is 2. The van der Waals surface area contributed by atoms with E-state index in [4.69, 9.17) is 4.74 Å². The molecule has 0 saturated carbocycles. The highest BCUT2D eigenvalue weighted by Gasteiger charge is 2.28. The van der Waals surface area contributed by atoms with Gasteiger partial charge >= 0.3 is 5.97 Å². The van der Waals surface area contributed by atoms with Crippen molar-refractivity contribution in [3.8, 4) is 0 Å². The van der Waals surface area contributed by atoms with Crippen molar-refractivity contribution in [1.82, 2.24) is 4.90 Å². The minimum Gasteiger partial charge on any atom is -0.454 e. The molecular formula is C18H33N2O3+. The van der Waals surface area contributed by atoms with Gasteiger partial charge in [-0.1, -0.05) is 19.8 Å². The quantitative estimate of drug-likeness (QED) is 0.511. The summed E-state index contributed by atoms with van der Waals surface area (Å²) < 4.78 is 5.76. The molecule has 2 aliphatic heterocycles. The predicted molar refractivity (Wildman–Crippen MR) is 89.3 cm³/mol. The van der Waals surface area contributed by atoms with Crippen LogP contribution in [0, 0.1) is 0 Å². The Morgan fingerprint density at radius 2 is 2.00 bits per heavy atom. The molecule has 132 valence electrons. The lowest BCUT2D eigenvalue weighted by atomic mass is 10.1. The second kappa shape index (κ2) is 9.91. The van der Waals surface area contributed by atoms with Gasteiger partial charge in [-0.15, -0.1) is 0 Å². The van der Waals surface area contributed by atoms with Crippen LogP contribution in [0.15, 0.2) is 0 Å². The maximum Gasteiger partial charge on any atom is 0.306 e. The van der Waals surface area contributed by atoms with Gasteiger partial charge in [0.2, 0.25) is 5.91 Å². The van der Waals surface area contributed by atoms with Crippen LogP contribution >= 0.6 is 0 Å². The second-order valence-electron chi connectivity index (χ2n) is 7.03. The van der Waals surface area contributed by atoms with E-state index in [-0.39, 0.29) is 18.0 Å². The Kier molecular flexibility index (Phi) is 7.86. The van der Waals surface area contributed by atoms with Crippen molar-refractivity contribution in [1.29, 1.82) is 0 Å². The summed E-state index contributed by atoms with van der Waals surface area (Å²) >= 11 is 0. The molecule has 0 radical (unpaired) electrons. The minimum atomic E-state index is -0.140. The third-order valence-electron chi connectivity index (χ3n) is 4.95. The molecule has 0 aromatic heterocycles. The number of ether oxygens (including phenoxy) is 1. The van der Waals surface area contributed by atoms with E-state index >= 15 is 0 Å². The molecule has 2 rings (SSSR count). The van der Waals surface area contributed by atoms with Gasteiger partial charge in [0.05, 0.1) is 19.6 Å². The summed E-state index contributed by atoms with van der Waals surface area (Å²) in [7, 11) is 0. The van der Waals surface area contributed by atoms with Crippen LogP contribution in [0.5, 0.6) is 0 Å². The number of quaternary nitrogens is 1. The number of nitrogens with one attached hydrogen (secondary N) is 1. The molecule has 2 saturated heterocycles. The first-order valence-electron chi connectivity index (χ1n) is 9.50. The SMILES string of the molecule is CCCCCC(=O)OC(CN1CCCC1=O)C[NH+]1CCCCC1. The Labute approximate surface area is 140 Å². The van der Waals surface area contributed by atoms with Crippen LogP contribution in [0.25, 0.3) is 0 Å². The van der Waals surface area contributed by atoms with Gasteiger partial charge in [-0.2, -0.15) is 0 Å². The van der Waals surface area contributed by atoms with Crippen molar-refractivity contribution in [2.45, 2.75) is 70.8 Å². The highest BCUT2D eigenvalue weighted by molar-refractivity contribution is 5.78. The smallest absolute Gasteiger partial charge is 0.306 e. The number of hydrogen-bond donors (Lipinski definition) is 1. The Balaban J connectivity index is 1.84. The minimum absolute atomic E-state index is 0.0912. The van der Waals surface area contributed by atoms with Crippen molar-refractivity contribution in [2.24, 2.45) is 0 Å². The van der Waals surface area contributed by atoms with E-state index in [0.717, 1.165) is 51.9 Å². The largest absolute Gasteiger partial charge is 0.454 e. The average Bonchev–Trinajstić information content (AvgIpc) is 2.93. The first-order chi connectivity index (χ1) is 11.2. The molecule has 0 aromatic rings. The van der Waals surface area contributed by atoms with Crippen molar-refractivity contribution >= 4 is 11.9 Å². The van der Waals surface area contributed by atoms with E-state index in [1.54, 1.807) is 0 Å². The van der Waals surface area contributed by atoms with Crippen LogP contribution in [-0.2, 0) is 14.3 Å². The standard InChI is InChI=1S/C18H32N2O3/c1-2-3-5-10-18(22)23-16(14-19-11-6-4-7-12-19)15-20-13-8-9-17(20)21/h16H,2-15H2,1H3/p+1. The van der Waals surface area contributed by atoms with E-state index in [1.165, 1.54) is 24.2 Å². The molecule has 23 heavy (non-hydrogen) atoms. The number of rotatable bonds is 9. The molecule has 1 atom stereocenters. The number of unbranched alkanes of at least 4 members (excludes halogenated alkanes) is 2. The lowest BCUT2D eigenvalue weighted by molar-refractivity contribution is -0.907. The average molecular weight is 325 g/mol. The first kappa shape index (κ1) is 18.2. The Hall–Kier alpha value is -1.10. The lowest BCUT2D eigenvalue weighted by Gasteiger charge is -2.29. The maximum absolute atomic E-state index is 12.1. The van der Waals surface area contributed by atoms with Gasteiger partial charge < -0.3 is 14.5 Å². The Bertz CT molecular complexity index is 380. The predicted octanol–water partition coefficient (Wildman–Crippen LogP) is 1.17. The summed E-state index contributed by atoms with van der Waals surface area (Å²) in [5.41, 5.74) is 0. The summed E-state index contributed by atoms with van der Waals surface area (Å²) in [5.74, 6) is 0.122. The van der Waals surface area contributed by atoms with Gasteiger partial charge in [-0.3, -0.25) is 9.59 Å². The zero-order valence-electron chi connectivity index (χ0n) is 14.6. The van der Waals surface area contributed by atoms with Crippen molar-refractivity contribution in [3.63, 3.8) is 0 Å². The van der Waals surface area contributed by atoms with Crippen LogP contribution in [0.3, 0.4) is 0 Å². The molecule has 0 spiro atoms. The number of esters is 1. The summed E-state index contributed by atoms with van der Waals surface area (Å²) in [6, 6.07) is 0. The van der Waals surface area contributed by atoms with Crippen LogP contribution in [0.2, 0.25) is 0 Å².